The van der Waals surface area contributed by atoms with Crippen molar-refractivity contribution >= 4 is 5.97 Å². The van der Waals surface area contributed by atoms with E-state index >= 15 is 0 Å². The van der Waals surface area contributed by atoms with Gasteiger partial charge in [0, 0.05) is 6.07 Å². The Morgan fingerprint density at radius 2 is 1.90 bits per heavy atom. The summed E-state index contributed by atoms with van der Waals surface area (Å²) >= 11 is 0. The molecule has 20 heavy (non-hydrogen) atoms. The van der Waals surface area contributed by atoms with Gasteiger partial charge >= 0.3 is 12.3 Å². The van der Waals surface area contributed by atoms with E-state index in [0.717, 1.165) is 12.1 Å². The molecule has 0 aliphatic heterocycles. The molecule has 0 aliphatic rings. The number of hydrogen-bond donors (Lipinski definition) is 4. The largest absolute Gasteiger partial charge is 0.573 e. The number of alkyl halides is 3. The van der Waals surface area contributed by atoms with Gasteiger partial charge in [-0.2, -0.15) is 0 Å². The number of benzene rings is 1. The zero-order valence-electron chi connectivity index (χ0n) is 9.77. The molecule has 1 aromatic rings. The molecule has 1 rings (SSSR count). The zero-order valence-corrected chi connectivity index (χ0v) is 9.77. The number of carboxylic acid groups (broad SMARTS) is 1. The normalized spacial score (nSPS) is 12.4. The summed E-state index contributed by atoms with van der Waals surface area (Å²) in [6.07, 6.45) is -4.86. The molecular weight excluding hydrogens is 283 g/mol. The number of carboxylic acids is 1. The fourth-order valence-corrected chi connectivity index (χ4v) is 1.15. The highest BCUT2D eigenvalue weighted by atomic mass is 19.4. The lowest BCUT2D eigenvalue weighted by molar-refractivity contribution is -0.274. The molecule has 0 bridgehead atoms. The second kappa shape index (κ2) is 6.02. The van der Waals surface area contributed by atoms with Crippen LogP contribution >= 0.6 is 0 Å². The summed E-state index contributed by atoms with van der Waals surface area (Å²) in [5.74, 6) is 2.11. The highest BCUT2D eigenvalue weighted by Crippen LogP contribution is 2.26. The number of aliphatic carboxylic acids is 1. The number of hydrazine groups is 1. The summed E-state index contributed by atoms with van der Waals surface area (Å²) in [6, 6.07) is 4.39. The van der Waals surface area contributed by atoms with Crippen molar-refractivity contribution in [2.45, 2.75) is 6.36 Å². The fourth-order valence-electron chi connectivity index (χ4n) is 1.15. The van der Waals surface area contributed by atoms with Crippen molar-refractivity contribution < 1.29 is 32.5 Å². The van der Waals surface area contributed by atoms with Crippen LogP contribution in [0.25, 0.3) is 0 Å². The number of hydrogen-bond acceptors (Lipinski definition) is 6. The number of nitrogens with one attached hydrogen (secondary N) is 1. The maximum absolute atomic E-state index is 12.0. The fraction of sp³-hybridized carbons (Fsp3) is 0.100. The third kappa shape index (κ3) is 4.57. The van der Waals surface area contributed by atoms with Crippen LogP contribution < -0.4 is 26.5 Å². The topological polar surface area (TPSA) is 120 Å². The Morgan fingerprint density at radius 3 is 2.40 bits per heavy atom. The minimum absolute atomic E-state index is 0.154. The van der Waals surface area contributed by atoms with Crippen LogP contribution in [0.2, 0.25) is 0 Å². The average Bonchev–Trinajstić information content (AvgIpc) is 2.27. The van der Waals surface area contributed by atoms with Crippen LogP contribution in [0.15, 0.2) is 35.8 Å². The molecule has 0 aliphatic carbocycles. The number of rotatable bonds is 5. The number of halogens is 3. The van der Waals surface area contributed by atoms with Crippen molar-refractivity contribution in [3.63, 3.8) is 0 Å². The predicted molar refractivity (Wildman–Crippen MR) is 59.9 cm³/mol. The first-order chi connectivity index (χ1) is 9.23. The van der Waals surface area contributed by atoms with Crippen LogP contribution in [0.3, 0.4) is 0 Å². The van der Waals surface area contributed by atoms with E-state index in [1.165, 1.54) is 12.1 Å². The number of carbonyl (C=O) groups is 1. The Balaban J connectivity index is 2.94. The maximum atomic E-state index is 12.0. The van der Waals surface area contributed by atoms with E-state index in [0.29, 0.717) is 0 Å². The maximum Gasteiger partial charge on any atom is 0.573 e. The van der Waals surface area contributed by atoms with Gasteiger partial charge in [0.15, 0.2) is 5.70 Å². The molecule has 0 heterocycles. The molecule has 0 radical (unpaired) electrons. The average molecular weight is 293 g/mol. The standard InChI is InChI=1S/C10H10F3N3O4/c11-10(12,13)20-6-3-1-2-5(4-6)19-8(14)7(16-15)9(17)18/h1-4,16H,14-15H2,(H,17,18)/b8-7+. The summed E-state index contributed by atoms with van der Waals surface area (Å²) in [4.78, 5) is 10.7. The molecule has 7 nitrogen and oxygen atoms in total. The first-order valence-electron chi connectivity index (χ1n) is 4.96. The quantitative estimate of drug-likeness (QED) is 0.272. The molecule has 0 amide bonds. The summed E-state index contributed by atoms with van der Waals surface area (Å²) in [5.41, 5.74) is 6.46. The van der Waals surface area contributed by atoms with Crippen LogP contribution in [0.5, 0.6) is 11.5 Å². The van der Waals surface area contributed by atoms with E-state index in [2.05, 4.69) is 4.74 Å². The molecule has 1 aromatic carbocycles. The Kier molecular flexibility index (Phi) is 4.64. The first-order valence-corrected chi connectivity index (χ1v) is 4.96. The van der Waals surface area contributed by atoms with Crippen LogP contribution in [0.4, 0.5) is 13.2 Å². The zero-order chi connectivity index (χ0) is 15.3. The molecule has 0 saturated heterocycles. The highest BCUT2D eigenvalue weighted by molar-refractivity contribution is 5.86. The van der Waals surface area contributed by atoms with Crippen LogP contribution in [0, 0.1) is 0 Å². The Bertz CT molecular complexity index is 531. The van der Waals surface area contributed by atoms with Gasteiger partial charge in [-0.25, -0.2) is 4.79 Å². The van der Waals surface area contributed by atoms with E-state index in [4.69, 9.17) is 21.4 Å². The minimum atomic E-state index is -4.86. The summed E-state index contributed by atoms with van der Waals surface area (Å²) in [6.45, 7) is 0. The van der Waals surface area contributed by atoms with Gasteiger partial charge in [0.1, 0.15) is 11.5 Å². The number of nitrogens with two attached hydrogens (primary N) is 2. The third-order valence-corrected chi connectivity index (χ3v) is 1.87. The lowest BCUT2D eigenvalue weighted by Crippen LogP contribution is -2.31. The van der Waals surface area contributed by atoms with Crippen LogP contribution in [0.1, 0.15) is 0 Å². The van der Waals surface area contributed by atoms with Gasteiger partial charge in [0.2, 0.25) is 5.88 Å². The van der Waals surface area contributed by atoms with Crippen LogP contribution in [-0.2, 0) is 4.79 Å². The van der Waals surface area contributed by atoms with Crippen molar-refractivity contribution in [3.05, 3.63) is 35.8 Å². The Labute approximate surface area is 110 Å². The van der Waals surface area contributed by atoms with Gasteiger partial charge in [-0.05, 0) is 12.1 Å². The van der Waals surface area contributed by atoms with E-state index in [1.807, 2.05) is 0 Å². The highest BCUT2D eigenvalue weighted by Gasteiger charge is 2.31. The van der Waals surface area contributed by atoms with E-state index in [1.54, 1.807) is 5.43 Å². The molecule has 0 unspecified atom stereocenters. The summed E-state index contributed by atoms with van der Waals surface area (Å²) < 4.78 is 44.6. The van der Waals surface area contributed by atoms with Gasteiger partial charge in [-0.15, -0.1) is 13.2 Å². The van der Waals surface area contributed by atoms with Crippen LogP contribution in [-0.4, -0.2) is 17.4 Å². The summed E-state index contributed by atoms with van der Waals surface area (Å²) in [7, 11) is 0. The summed E-state index contributed by atoms with van der Waals surface area (Å²) in [5, 5.41) is 8.70. The lowest BCUT2D eigenvalue weighted by atomic mass is 10.3. The van der Waals surface area contributed by atoms with Crippen molar-refractivity contribution in [1.82, 2.24) is 5.43 Å². The minimum Gasteiger partial charge on any atom is -0.476 e. The van der Waals surface area contributed by atoms with Gasteiger partial charge in [-0.3, -0.25) is 5.84 Å². The molecule has 10 heteroatoms. The van der Waals surface area contributed by atoms with Gasteiger partial charge in [0.05, 0.1) is 0 Å². The van der Waals surface area contributed by atoms with Crippen molar-refractivity contribution in [2.75, 3.05) is 0 Å². The molecule has 0 aromatic heterocycles. The monoisotopic (exact) mass is 293 g/mol. The van der Waals surface area contributed by atoms with Crippen molar-refractivity contribution in [1.29, 1.82) is 0 Å². The van der Waals surface area contributed by atoms with Crippen molar-refractivity contribution in [2.24, 2.45) is 11.6 Å². The smallest absolute Gasteiger partial charge is 0.476 e. The van der Waals surface area contributed by atoms with Gasteiger partial charge in [0.25, 0.3) is 0 Å². The van der Waals surface area contributed by atoms with E-state index in [9.17, 15) is 18.0 Å². The Morgan fingerprint density at radius 1 is 1.30 bits per heavy atom. The second-order valence-electron chi connectivity index (χ2n) is 3.31. The van der Waals surface area contributed by atoms with E-state index in [-0.39, 0.29) is 5.75 Å². The molecule has 0 atom stereocenters. The van der Waals surface area contributed by atoms with E-state index < -0.39 is 29.7 Å². The van der Waals surface area contributed by atoms with Gasteiger partial charge < -0.3 is 25.7 Å². The SMILES string of the molecule is NN/C(C(=O)O)=C(\N)Oc1cccc(OC(F)(F)F)c1. The van der Waals surface area contributed by atoms with Gasteiger partial charge in [-0.1, -0.05) is 6.07 Å². The molecule has 0 saturated carbocycles. The second-order valence-corrected chi connectivity index (χ2v) is 3.31. The Hall–Kier alpha value is -2.62. The molecule has 0 fully saturated rings. The predicted octanol–water partition coefficient (Wildman–Crippen LogP) is 0.640. The lowest BCUT2D eigenvalue weighted by Gasteiger charge is -2.12. The van der Waals surface area contributed by atoms with Crippen molar-refractivity contribution in [3.8, 4) is 11.5 Å². The molecular formula is C10H10F3N3O4. The number of ether oxygens (including phenoxy) is 2. The molecule has 0 spiro atoms. The third-order valence-electron chi connectivity index (χ3n) is 1.87. The molecule has 6 N–H and O–H groups in total. The molecule has 110 valence electrons. The first kappa shape index (κ1) is 15.4.